The number of hydrogen-bond donors (Lipinski definition) is 1. The van der Waals surface area contributed by atoms with E-state index >= 15 is 0 Å². The summed E-state index contributed by atoms with van der Waals surface area (Å²) in [5.41, 5.74) is 0.777. The maximum Gasteiger partial charge on any atom is 0.257 e. The van der Waals surface area contributed by atoms with E-state index in [1.165, 1.54) is 0 Å². The molecule has 0 aliphatic heterocycles. The summed E-state index contributed by atoms with van der Waals surface area (Å²) in [5, 5.41) is 11.9. The zero-order valence-electron chi connectivity index (χ0n) is 9.05. The SMILES string of the molecule is CN(C)CCO/C(=N/O)c1ccccc1. The molecule has 0 heterocycles. The van der Waals surface area contributed by atoms with Crippen LogP contribution in [-0.4, -0.2) is 43.3 Å². The van der Waals surface area contributed by atoms with Crippen molar-refractivity contribution < 1.29 is 9.94 Å². The second-order valence-corrected chi connectivity index (χ2v) is 3.42. The smallest absolute Gasteiger partial charge is 0.257 e. The molecule has 0 atom stereocenters. The van der Waals surface area contributed by atoms with Crippen LogP contribution in [0.1, 0.15) is 5.56 Å². The largest absolute Gasteiger partial charge is 0.474 e. The Hall–Kier alpha value is -1.55. The first-order valence-electron chi connectivity index (χ1n) is 4.79. The first-order chi connectivity index (χ1) is 7.24. The fourth-order valence-electron chi connectivity index (χ4n) is 1.08. The third kappa shape index (κ3) is 3.99. The number of ether oxygens (including phenoxy) is 1. The van der Waals surface area contributed by atoms with Gasteiger partial charge in [0.05, 0.1) is 0 Å². The van der Waals surface area contributed by atoms with Gasteiger partial charge in [-0.05, 0) is 31.4 Å². The predicted octanol–water partition coefficient (Wildman–Crippen LogP) is 1.40. The Morgan fingerprint density at radius 2 is 2.00 bits per heavy atom. The molecule has 0 saturated heterocycles. The molecule has 15 heavy (non-hydrogen) atoms. The molecule has 0 radical (unpaired) electrons. The molecule has 0 aliphatic carbocycles. The maximum atomic E-state index is 8.79. The van der Waals surface area contributed by atoms with Crippen LogP contribution in [0.25, 0.3) is 0 Å². The highest BCUT2D eigenvalue weighted by atomic mass is 16.5. The summed E-state index contributed by atoms with van der Waals surface area (Å²) >= 11 is 0. The maximum absolute atomic E-state index is 8.79. The first kappa shape index (κ1) is 11.5. The molecule has 4 nitrogen and oxygen atoms in total. The third-order valence-electron chi connectivity index (χ3n) is 1.89. The highest BCUT2D eigenvalue weighted by molar-refractivity contribution is 5.93. The van der Waals surface area contributed by atoms with Gasteiger partial charge in [-0.2, -0.15) is 0 Å². The molecule has 4 heteroatoms. The van der Waals surface area contributed by atoms with Crippen molar-refractivity contribution in [2.45, 2.75) is 0 Å². The lowest BCUT2D eigenvalue weighted by Crippen LogP contribution is -2.20. The lowest BCUT2D eigenvalue weighted by molar-refractivity contribution is 0.228. The number of benzene rings is 1. The summed E-state index contributed by atoms with van der Waals surface area (Å²) in [4.78, 5) is 2.00. The van der Waals surface area contributed by atoms with Gasteiger partial charge in [0.15, 0.2) is 0 Å². The van der Waals surface area contributed by atoms with Crippen molar-refractivity contribution in [2.75, 3.05) is 27.2 Å². The van der Waals surface area contributed by atoms with Crippen LogP contribution in [0.15, 0.2) is 35.5 Å². The highest BCUT2D eigenvalue weighted by Gasteiger charge is 2.04. The quantitative estimate of drug-likeness (QED) is 0.352. The second-order valence-electron chi connectivity index (χ2n) is 3.42. The zero-order valence-corrected chi connectivity index (χ0v) is 9.05. The zero-order chi connectivity index (χ0) is 11.1. The van der Waals surface area contributed by atoms with E-state index in [1.54, 1.807) is 0 Å². The lowest BCUT2D eigenvalue weighted by Gasteiger charge is -2.11. The van der Waals surface area contributed by atoms with Crippen LogP contribution >= 0.6 is 0 Å². The van der Waals surface area contributed by atoms with Gasteiger partial charge in [0, 0.05) is 12.1 Å². The van der Waals surface area contributed by atoms with E-state index in [4.69, 9.17) is 9.94 Å². The Morgan fingerprint density at radius 1 is 1.33 bits per heavy atom. The van der Waals surface area contributed by atoms with E-state index in [9.17, 15) is 0 Å². The molecule has 0 fully saturated rings. The van der Waals surface area contributed by atoms with Crippen molar-refractivity contribution >= 4 is 5.90 Å². The topological polar surface area (TPSA) is 45.1 Å². The molecular weight excluding hydrogens is 192 g/mol. The summed E-state index contributed by atoms with van der Waals surface area (Å²) in [6.07, 6.45) is 0. The number of nitrogens with zero attached hydrogens (tertiary/aromatic N) is 2. The summed E-state index contributed by atoms with van der Waals surface area (Å²) in [6.45, 7) is 1.28. The Bertz CT molecular complexity index is 310. The molecule has 1 aromatic rings. The van der Waals surface area contributed by atoms with Crippen molar-refractivity contribution in [3.8, 4) is 0 Å². The molecule has 0 saturated carbocycles. The van der Waals surface area contributed by atoms with Crippen LogP contribution in [0.4, 0.5) is 0 Å². The molecule has 1 N–H and O–H groups in total. The van der Waals surface area contributed by atoms with Crippen LogP contribution in [0.5, 0.6) is 0 Å². The molecule has 0 spiro atoms. The van der Waals surface area contributed by atoms with E-state index < -0.39 is 0 Å². The Kier molecular flexibility index (Phi) is 4.63. The lowest BCUT2D eigenvalue weighted by atomic mass is 10.2. The molecule has 0 unspecified atom stereocenters. The number of likely N-dealkylation sites (N-methyl/N-ethyl adjacent to an activating group) is 1. The highest BCUT2D eigenvalue weighted by Crippen LogP contribution is 2.02. The number of hydrogen-bond acceptors (Lipinski definition) is 4. The first-order valence-corrected chi connectivity index (χ1v) is 4.79. The molecule has 82 valence electrons. The third-order valence-corrected chi connectivity index (χ3v) is 1.89. The molecule has 1 aromatic carbocycles. The van der Waals surface area contributed by atoms with Gasteiger partial charge >= 0.3 is 0 Å². The van der Waals surface area contributed by atoms with Gasteiger partial charge in [0.25, 0.3) is 5.90 Å². The summed E-state index contributed by atoms with van der Waals surface area (Å²) in [6, 6.07) is 9.32. The average Bonchev–Trinajstić information content (AvgIpc) is 2.25. The van der Waals surface area contributed by atoms with Gasteiger partial charge in [-0.3, -0.25) is 0 Å². The van der Waals surface area contributed by atoms with E-state index in [0.717, 1.165) is 12.1 Å². The molecule has 0 aromatic heterocycles. The van der Waals surface area contributed by atoms with Gasteiger partial charge in [-0.25, -0.2) is 0 Å². The summed E-state index contributed by atoms with van der Waals surface area (Å²) < 4.78 is 5.35. The summed E-state index contributed by atoms with van der Waals surface area (Å²) in [5.74, 6) is 0.262. The van der Waals surface area contributed by atoms with Crippen molar-refractivity contribution in [3.05, 3.63) is 35.9 Å². The standard InChI is InChI=1S/C11H16N2O2/c1-13(2)8-9-15-11(12-14)10-6-4-3-5-7-10/h3-7,14H,8-9H2,1-2H3/b12-11+. The Morgan fingerprint density at radius 3 is 2.53 bits per heavy atom. The van der Waals surface area contributed by atoms with Crippen molar-refractivity contribution in [1.82, 2.24) is 4.90 Å². The number of rotatable bonds is 4. The van der Waals surface area contributed by atoms with Gasteiger partial charge in [0.2, 0.25) is 0 Å². The minimum Gasteiger partial charge on any atom is -0.474 e. The van der Waals surface area contributed by atoms with Crippen molar-refractivity contribution in [2.24, 2.45) is 5.16 Å². The van der Waals surface area contributed by atoms with Gasteiger partial charge in [0.1, 0.15) is 6.61 Å². The molecular formula is C11H16N2O2. The number of oxime groups is 1. The van der Waals surface area contributed by atoms with E-state index in [2.05, 4.69) is 5.16 Å². The molecule has 0 amide bonds. The monoisotopic (exact) mass is 208 g/mol. The van der Waals surface area contributed by atoms with Gasteiger partial charge in [-0.1, -0.05) is 18.2 Å². The van der Waals surface area contributed by atoms with Crippen LogP contribution in [0, 0.1) is 0 Å². The predicted molar refractivity (Wildman–Crippen MR) is 59.3 cm³/mol. The fourth-order valence-corrected chi connectivity index (χ4v) is 1.08. The van der Waals surface area contributed by atoms with Crippen LogP contribution in [-0.2, 0) is 4.74 Å². The van der Waals surface area contributed by atoms with E-state index in [-0.39, 0.29) is 5.90 Å². The van der Waals surface area contributed by atoms with Gasteiger partial charge in [-0.15, -0.1) is 0 Å². The van der Waals surface area contributed by atoms with Crippen LogP contribution < -0.4 is 0 Å². The van der Waals surface area contributed by atoms with Crippen LogP contribution in [0.2, 0.25) is 0 Å². The normalized spacial score (nSPS) is 11.8. The molecule has 0 bridgehead atoms. The second kappa shape index (κ2) is 6.03. The molecule has 1 rings (SSSR count). The van der Waals surface area contributed by atoms with E-state index in [1.807, 2.05) is 49.3 Å². The van der Waals surface area contributed by atoms with Crippen LogP contribution in [0.3, 0.4) is 0 Å². The fraction of sp³-hybridized carbons (Fsp3) is 0.364. The average molecular weight is 208 g/mol. The Balaban J connectivity index is 2.51. The molecule has 0 aliphatic rings. The minimum absolute atomic E-state index is 0.262. The minimum atomic E-state index is 0.262. The van der Waals surface area contributed by atoms with Crippen molar-refractivity contribution in [1.29, 1.82) is 0 Å². The van der Waals surface area contributed by atoms with Gasteiger partial charge < -0.3 is 14.8 Å². The Labute approximate surface area is 89.8 Å². The van der Waals surface area contributed by atoms with Crippen molar-refractivity contribution in [3.63, 3.8) is 0 Å². The summed E-state index contributed by atoms with van der Waals surface area (Å²) in [7, 11) is 3.92. The van der Waals surface area contributed by atoms with E-state index in [0.29, 0.717) is 6.61 Å².